The number of nitrogens with zero attached hydrogens (tertiary/aromatic N) is 1. The second kappa shape index (κ2) is 6.36. The second-order valence-electron chi connectivity index (χ2n) is 4.46. The van der Waals surface area contributed by atoms with Gasteiger partial charge in [-0.3, -0.25) is 5.43 Å². The summed E-state index contributed by atoms with van der Waals surface area (Å²) in [6, 6.07) is 20.7. The third-order valence-corrected chi connectivity index (χ3v) is 11.0. The molecule has 6 heteroatoms. The van der Waals surface area contributed by atoms with Crippen molar-refractivity contribution in [3.8, 4) is 0 Å². The maximum absolute atomic E-state index is 5.90. The van der Waals surface area contributed by atoms with Gasteiger partial charge in [-0.1, -0.05) is 68.4 Å². The Hall–Kier alpha value is -1.08. The lowest BCUT2D eigenvalue weighted by atomic mass is 10.2. The molecule has 0 fully saturated rings. The molecule has 0 spiro atoms. The van der Waals surface area contributed by atoms with Gasteiger partial charge in [0, 0.05) is 16.3 Å². The first-order chi connectivity index (χ1) is 10.3. The summed E-state index contributed by atoms with van der Waals surface area (Å²) in [5.74, 6) is 0.537. The summed E-state index contributed by atoms with van der Waals surface area (Å²) < 4.78 is -0.0383. The topological polar surface area (TPSA) is 50.4 Å². The molecule has 3 nitrogen and oxygen atoms in total. The third-order valence-electron chi connectivity index (χ3n) is 3.25. The van der Waals surface area contributed by atoms with E-state index in [2.05, 4.69) is 46.9 Å². The first kappa shape index (κ1) is 14.8. The van der Waals surface area contributed by atoms with E-state index >= 15 is 0 Å². The lowest BCUT2D eigenvalue weighted by molar-refractivity contribution is 0.857. The minimum absolute atomic E-state index is 0.0383. The van der Waals surface area contributed by atoms with Crippen molar-refractivity contribution in [2.45, 2.75) is 9.60 Å². The molecule has 0 saturated heterocycles. The number of hydrazone groups is 1. The predicted octanol–water partition coefficient (Wildman–Crippen LogP) is 3.59. The van der Waals surface area contributed by atoms with Crippen LogP contribution in [-0.2, 0) is 0 Å². The average molecular weight is 336 g/mol. The first-order valence-electron chi connectivity index (χ1n) is 6.57. The Labute approximate surface area is 135 Å². The Morgan fingerprint density at radius 2 is 1.71 bits per heavy atom. The van der Waals surface area contributed by atoms with Crippen molar-refractivity contribution in [2.75, 3.05) is 5.88 Å². The van der Waals surface area contributed by atoms with Crippen LogP contribution in [-0.4, -0.2) is 15.6 Å². The van der Waals surface area contributed by atoms with Crippen LogP contribution in [0.5, 0.6) is 0 Å². The lowest BCUT2D eigenvalue weighted by Crippen LogP contribution is -2.21. The molecule has 0 radical (unpaired) electrons. The standard InChI is InChI=1S/C15H17N3S3/c16-11-20-21(13-9-5-2-6-10-13)14(17-18-15(21)19)12-7-3-1-4-8-12/h1-10,15,18-19H,11,16H2. The molecule has 1 heterocycles. The molecule has 1 aliphatic heterocycles. The van der Waals surface area contributed by atoms with E-state index in [4.69, 9.17) is 18.4 Å². The fourth-order valence-electron chi connectivity index (χ4n) is 2.34. The highest BCUT2D eigenvalue weighted by atomic mass is 33.2. The zero-order chi connectivity index (χ0) is 14.7. The van der Waals surface area contributed by atoms with Crippen LogP contribution in [0.1, 0.15) is 5.56 Å². The van der Waals surface area contributed by atoms with Gasteiger partial charge in [-0.05, 0) is 12.1 Å². The third kappa shape index (κ3) is 2.57. The van der Waals surface area contributed by atoms with Gasteiger partial charge >= 0.3 is 0 Å². The Kier molecular flexibility index (Phi) is 4.49. The number of benzene rings is 2. The van der Waals surface area contributed by atoms with Gasteiger partial charge in [-0.2, -0.15) is 5.10 Å². The summed E-state index contributed by atoms with van der Waals surface area (Å²) in [5.41, 5.74) is 10.2. The second-order valence-corrected chi connectivity index (χ2v) is 10.7. The van der Waals surface area contributed by atoms with Gasteiger partial charge in [0.05, 0.1) is 0 Å². The van der Waals surface area contributed by atoms with Gasteiger partial charge in [-0.25, -0.2) is 0 Å². The van der Waals surface area contributed by atoms with Crippen molar-refractivity contribution < 1.29 is 0 Å². The van der Waals surface area contributed by atoms with Crippen molar-refractivity contribution in [1.82, 2.24) is 5.43 Å². The molecule has 110 valence electrons. The average Bonchev–Trinajstić information content (AvgIpc) is 2.87. The number of hydrogen-bond acceptors (Lipinski definition) is 5. The Bertz CT molecular complexity index is 633. The smallest absolute Gasteiger partial charge is 0.134 e. The molecular formula is C15H17N3S3. The molecule has 2 unspecified atom stereocenters. The number of rotatable bonds is 4. The summed E-state index contributed by atoms with van der Waals surface area (Å²) >= 11 is 4.76. The van der Waals surface area contributed by atoms with E-state index in [9.17, 15) is 0 Å². The molecule has 3 N–H and O–H groups in total. The Morgan fingerprint density at radius 3 is 2.33 bits per heavy atom. The Morgan fingerprint density at radius 1 is 1.10 bits per heavy atom. The summed E-state index contributed by atoms with van der Waals surface area (Å²) in [6.45, 7) is 0. The molecule has 0 aromatic heterocycles. The van der Waals surface area contributed by atoms with Crippen molar-refractivity contribution in [1.29, 1.82) is 0 Å². The maximum atomic E-state index is 5.90. The van der Waals surface area contributed by atoms with Gasteiger partial charge in [0.25, 0.3) is 0 Å². The molecule has 0 bridgehead atoms. The molecule has 2 aromatic carbocycles. The van der Waals surface area contributed by atoms with E-state index < -0.39 is 9.06 Å². The molecule has 3 rings (SSSR count). The number of thiol groups is 1. The van der Waals surface area contributed by atoms with Gasteiger partial charge in [-0.15, -0.1) is 12.6 Å². The minimum atomic E-state index is -1.47. The summed E-state index contributed by atoms with van der Waals surface area (Å²) in [6.07, 6.45) is 0. The molecular weight excluding hydrogens is 318 g/mol. The normalized spacial score (nSPS) is 27.5. The van der Waals surface area contributed by atoms with E-state index in [0.717, 1.165) is 10.6 Å². The highest BCUT2D eigenvalue weighted by Gasteiger charge is 2.43. The van der Waals surface area contributed by atoms with Gasteiger partial charge < -0.3 is 5.73 Å². The fourth-order valence-corrected chi connectivity index (χ4v) is 8.97. The lowest BCUT2D eigenvalue weighted by Gasteiger charge is -2.38. The van der Waals surface area contributed by atoms with Crippen LogP contribution in [0.3, 0.4) is 0 Å². The van der Waals surface area contributed by atoms with Gasteiger partial charge in [0.1, 0.15) is 9.75 Å². The van der Waals surface area contributed by atoms with Crippen molar-refractivity contribution in [3.63, 3.8) is 0 Å². The zero-order valence-corrected chi connectivity index (χ0v) is 13.9. The van der Waals surface area contributed by atoms with E-state index in [0.29, 0.717) is 5.88 Å². The van der Waals surface area contributed by atoms with E-state index in [-0.39, 0.29) is 4.71 Å². The fraction of sp³-hybridized carbons (Fsp3) is 0.133. The summed E-state index contributed by atoms with van der Waals surface area (Å²) in [7, 11) is 0.274. The van der Waals surface area contributed by atoms with E-state index in [1.165, 1.54) is 4.90 Å². The largest absolute Gasteiger partial charge is 0.321 e. The Balaban J connectivity index is 2.15. The van der Waals surface area contributed by atoms with Crippen LogP contribution in [0.25, 0.3) is 0 Å². The highest BCUT2D eigenvalue weighted by molar-refractivity contribution is 9.01. The van der Waals surface area contributed by atoms with Gasteiger partial charge in [0.2, 0.25) is 0 Å². The molecule has 2 atom stereocenters. The van der Waals surface area contributed by atoms with E-state index in [1.807, 2.05) is 24.3 Å². The van der Waals surface area contributed by atoms with Crippen LogP contribution >= 0.6 is 32.5 Å². The number of nitrogens with one attached hydrogen (secondary N) is 1. The molecule has 2 aromatic rings. The summed E-state index contributed by atoms with van der Waals surface area (Å²) in [4.78, 5) is 1.24. The molecule has 0 aliphatic carbocycles. The molecule has 1 aliphatic rings. The van der Waals surface area contributed by atoms with Crippen molar-refractivity contribution in [3.05, 3.63) is 66.2 Å². The van der Waals surface area contributed by atoms with Crippen LogP contribution in [0.15, 0.2) is 70.7 Å². The molecule has 0 amide bonds. The summed E-state index contributed by atoms with van der Waals surface area (Å²) in [5, 5.41) is 5.65. The first-order valence-corrected chi connectivity index (χ1v) is 10.3. The SMILES string of the molecule is NCSS1(c2ccccc2)C(c2ccccc2)=NNC1S. The van der Waals surface area contributed by atoms with Gasteiger partial charge in [0.15, 0.2) is 0 Å². The zero-order valence-electron chi connectivity index (χ0n) is 11.3. The van der Waals surface area contributed by atoms with Crippen LogP contribution < -0.4 is 11.2 Å². The van der Waals surface area contributed by atoms with E-state index in [1.54, 1.807) is 10.8 Å². The monoisotopic (exact) mass is 335 g/mol. The predicted molar refractivity (Wildman–Crippen MR) is 97.8 cm³/mol. The van der Waals surface area contributed by atoms with Crippen LogP contribution in [0.2, 0.25) is 0 Å². The highest BCUT2D eigenvalue weighted by Crippen LogP contribution is 2.72. The number of nitrogens with two attached hydrogens (primary N) is 1. The van der Waals surface area contributed by atoms with Crippen molar-refractivity contribution >= 4 is 37.5 Å². The molecule has 21 heavy (non-hydrogen) atoms. The minimum Gasteiger partial charge on any atom is -0.321 e. The molecule has 0 saturated carbocycles. The maximum Gasteiger partial charge on any atom is 0.134 e. The quantitative estimate of drug-likeness (QED) is 0.455. The van der Waals surface area contributed by atoms with Crippen molar-refractivity contribution in [2.24, 2.45) is 10.8 Å². The van der Waals surface area contributed by atoms with Crippen LogP contribution in [0, 0.1) is 0 Å². The van der Waals surface area contributed by atoms with Crippen LogP contribution in [0.4, 0.5) is 0 Å². The number of hydrogen-bond donors (Lipinski definition) is 3.